The molecule has 0 spiro atoms. The van der Waals surface area contributed by atoms with Crippen molar-refractivity contribution in [2.75, 3.05) is 12.3 Å². The summed E-state index contributed by atoms with van der Waals surface area (Å²) in [5.41, 5.74) is 6.74. The molecule has 0 fully saturated rings. The molecule has 1 heterocycles. The maximum Gasteiger partial charge on any atom is 0.251 e. The van der Waals surface area contributed by atoms with Crippen LogP contribution in [0.25, 0.3) is 0 Å². The molecule has 0 atom stereocenters. The van der Waals surface area contributed by atoms with Crippen LogP contribution in [0, 0.1) is 0 Å². The highest BCUT2D eigenvalue weighted by atomic mass is 16.5. The molecule has 1 aromatic carbocycles. The van der Waals surface area contributed by atoms with Crippen LogP contribution in [0.4, 0.5) is 5.69 Å². The van der Waals surface area contributed by atoms with Crippen LogP contribution < -0.4 is 11.1 Å². The van der Waals surface area contributed by atoms with Gasteiger partial charge in [0.1, 0.15) is 0 Å². The van der Waals surface area contributed by atoms with Crippen LogP contribution in [0.3, 0.4) is 0 Å². The number of rotatable bonds is 4. The van der Waals surface area contributed by atoms with Crippen molar-refractivity contribution in [1.82, 2.24) is 15.5 Å². The van der Waals surface area contributed by atoms with Gasteiger partial charge in [0.2, 0.25) is 6.39 Å². The number of benzene rings is 1. The smallest absolute Gasteiger partial charge is 0.251 e. The fraction of sp³-hybridized carbons (Fsp3) is 0.182. The molecular formula is C11H12N4O2. The highest BCUT2D eigenvalue weighted by Crippen LogP contribution is 2.04. The minimum absolute atomic E-state index is 0.145. The normalized spacial score (nSPS) is 10.1. The van der Waals surface area contributed by atoms with Crippen LogP contribution in [0.2, 0.25) is 0 Å². The summed E-state index contributed by atoms with van der Waals surface area (Å²) in [7, 11) is 0. The molecule has 0 saturated heterocycles. The number of carbonyl (C=O) groups excluding carboxylic acids is 1. The number of nitrogen functional groups attached to an aromatic ring is 1. The van der Waals surface area contributed by atoms with Crippen LogP contribution in [-0.2, 0) is 6.42 Å². The SMILES string of the molecule is Nc1ccc(C(=O)NCCc2ncon2)cc1. The Morgan fingerprint density at radius 3 is 2.76 bits per heavy atom. The van der Waals surface area contributed by atoms with E-state index in [0.29, 0.717) is 30.0 Å². The molecule has 0 saturated carbocycles. The minimum atomic E-state index is -0.145. The van der Waals surface area contributed by atoms with Crippen LogP contribution in [0.1, 0.15) is 16.2 Å². The van der Waals surface area contributed by atoms with Crippen molar-refractivity contribution >= 4 is 11.6 Å². The summed E-state index contributed by atoms with van der Waals surface area (Å²) in [4.78, 5) is 15.5. The van der Waals surface area contributed by atoms with Gasteiger partial charge in [-0.3, -0.25) is 4.79 Å². The number of nitrogens with one attached hydrogen (secondary N) is 1. The number of nitrogens with two attached hydrogens (primary N) is 1. The highest BCUT2D eigenvalue weighted by molar-refractivity contribution is 5.94. The second kappa shape index (κ2) is 5.11. The number of carbonyl (C=O) groups is 1. The molecule has 6 nitrogen and oxygen atoms in total. The first kappa shape index (κ1) is 11.1. The predicted molar refractivity (Wildman–Crippen MR) is 61.2 cm³/mol. The van der Waals surface area contributed by atoms with Crippen LogP contribution in [0.5, 0.6) is 0 Å². The number of hydrogen-bond acceptors (Lipinski definition) is 5. The third kappa shape index (κ3) is 3.04. The molecule has 0 bridgehead atoms. The summed E-state index contributed by atoms with van der Waals surface area (Å²) in [6.45, 7) is 0.461. The number of anilines is 1. The van der Waals surface area contributed by atoms with Crippen molar-refractivity contribution in [3.05, 3.63) is 42.0 Å². The molecule has 2 rings (SSSR count). The molecule has 0 aliphatic heterocycles. The van der Waals surface area contributed by atoms with Gasteiger partial charge in [-0.25, -0.2) is 0 Å². The average molecular weight is 232 g/mol. The summed E-state index contributed by atoms with van der Waals surface area (Å²) in [5, 5.41) is 6.40. The van der Waals surface area contributed by atoms with Gasteiger partial charge >= 0.3 is 0 Å². The van der Waals surface area contributed by atoms with Gasteiger partial charge in [0.25, 0.3) is 5.91 Å². The molecule has 6 heteroatoms. The average Bonchev–Trinajstić information content (AvgIpc) is 2.83. The highest BCUT2D eigenvalue weighted by Gasteiger charge is 2.05. The molecule has 0 unspecified atom stereocenters. The second-order valence-corrected chi connectivity index (χ2v) is 3.48. The Morgan fingerprint density at radius 2 is 2.12 bits per heavy atom. The van der Waals surface area contributed by atoms with Crippen molar-refractivity contribution < 1.29 is 9.32 Å². The molecule has 1 amide bonds. The Bertz CT molecular complexity index is 479. The van der Waals surface area contributed by atoms with E-state index in [1.165, 1.54) is 6.39 Å². The van der Waals surface area contributed by atoms with E-state index in [1.807, 2.05) is 0 Å². The largest absolute Gasteiger partial charge is 0.399 e. The summed E-state index contributed by atoms with van der Waals surface area (Å²) < 4.78 is 4.58. The Morgan fingerprint density at radius 1 is 1.35 bits per heavy atom. The molecule has 0 aliphatic carbocycles. The molecule has 0 radical (unpaired) electrons. The summed E-state index contributed by atoms with van der Waals surface area (Å²) >= 11 is 0. The first-order valence-electron chi connectivity index (χ1n) is 5.14. The first-order chi connectivity index (χ1) is 8.25. The van der Waals surface area contributed by atoms with Crippen molar-refractivity contribution in [3.8, 4) is 0 Å². The van der Waals surface area contributed by atoms with Gasteiger partial charge < -0.3 is 15.6 Å². The molecule has 88 valence electrons. The van der Waals surface area contributed by atoms with E-state index in [0.717, 1.165) is 0 Å². The number of hydrogen-bond donors (Lipinski definition) is 2. The standard InChI is InChI=1S/C11H12N4O2/c12-9-3-1-8(2-4-9)11(16)13-6-5-10-14-7-17-15-10/h1-4,7H,5-6,12H2,(H,13,16). The lowest BCUT2D eigenvalue weighted by molar-refractivity contribution is 0.0954. The van der Waals surface area contributed by atoms with Gasteiger partial charge in [-0.2, -0.15) is 4.98 Å². The molecule has 3 N–H and O–H groups in total. The summed E-state index contributed by atoms with van der Waals surface area (Å²) in [6, 6.07) is 6.74. The van der Waals surface area contributed by atoms with Crippen LogP contribution in [0.15, 0.2) is 35.2 Å². The number of amides is 1. The van der Waals surface area contributed by atoms with E-state index in [4.69, 9.17) is 5.73 Å². The van der Waals surface area contributed by atoms with E-state index in [2.05, 4.69) is 20.0 Å². The van der Waals surface area contributed by atoms with E-state index in [-0.39, 0.29) is 5.91 Å². The van der Waals surface area contributed by atoms with Gasteiger partial charge in [-0.15, -0.1) is 0 Å². The molecule has 0 aliphatic rings. The Labute approximate surface area is 97.8 Å². The second-order valence-electron chi connectivity index (χ2n) is 3.48. The van der Waals surface area contributed by atoms with Gasteiger partial charge in [0.15, 0.2) is 5.82 Å². The monoisotopic (exact) mass is 232 g/mol. The minimum Gasteiger partial charge on any atom is -0.399 e. The summed E-state index contributed by atoms with van der Waals surface area (Å²) in [6.07, 6.45) is 1.80. The lowest BCUT2D eigenvalue weighted by atomic mass is 10.2. The third-order valence-corrected chi connectivity index (χ3v) is 2.21. The zero-order valence-electron chi connectivity index (χ0n) is 9.09. The lowest BCUT2D eigenvalue weighted by Gasteiger charge is -2.03. The quantitative estimate of drug-likeness (QED) is 0.754. The Hall–Kier alpha value is -2.37. The van der Waals surface area contributed by atoms with Gasteiger partial charge in [0, 0.05) is 24.2 Å². The lowest BCUT2D eigenvalue weighted by Crippen LogP contribution is -2.25. The predicted octanol–water partition coefficient (Wildman–Crippen LogP) is 0.624. The maximum absolute atomic E-state index is 11.7. The van der Waals surface area contributed by atoms with Crippen molar-refractivity contribution in [3.63, 3.8) is 0 Å². The zero-order valence-corrected chi connectivity index (χ0v) is 9.09. The number of aromatic nitrogens is 2. The molecule has 2 aromatic rings. The van der Waals surface area contributed by atoms with Crippen LogP contribution in [-0.4, -0.2) is 22.6 Å². The van der Waals surface area contributed by atoms with Crippen molar-refractivity contribution in [1.29, 1.82) is 0 Å². The van der Waals surface area contributed by atoms with Crippen molar-refractivity contribution in [2.45, 2.75) is 6.42 Å². The van der Waals surface area contributed by atoms with Gasteiger partial charge in [-0.1, -0.05) is 5.16 Å². The zero-order chi connectivity index (χ0) is 12.1. The third-order valence-electron chi connectivity index (χ3n) is 2.21. The van der Waals surface area contributed by atoms with Gasteiger partial charge in [0.05, 0.1) is 0 Å². The van der Waals surface area contributed by atoms with Gasteiger partial charge in [-0.05, 0) is 24.3 Å². The fourth-order valence-corrected chi connectivity index (χ4v) is 1.33. The molecular weight excluding hydrogens is 220 g/mol. The number of nitrogens with zero attached hydrogens (tertiary/aromatic N) is 2. The van der Waals surface area contributed by atoms with Crippen molar-refractivity contribution in [2.24, 2.45) is 0 Å². The Kier molecular flexibility index (Phi) is 3.34. The van der Waals surface area contributed by atoms with E-state index < -0.39 is 0 Å². The fourth-order valence-electron chi connectivity index (χ4n) is 1.33. The molecule has 1 aromatic heterocycles. The first-order valence-corrected chi connectivity index (χ1v) is 5.14. The maximum atomic E-state index is 11.7. The Balaban J connectivity index is 1.83. The molecule has 17 heavy (non-hydrogen) atoms. The van der Waals surface area contributed by atoms with E-state index in [1.54, 1.807) is 24.3 Å². The van der Waals surface area contributed by atoms with Crippen LogP contribution >= 0.6 is 0 Å². The van der Waals surface area contributed by atoms with E-state index in [9.17, 15) is 4.79 Å². The van der Waals surface area contributed by atoms with E-state index >= 15 is 0 Å². The summed E-state index contributed by atoms with van der Waals surface area (Å²) in [5.74, 6) is 0.427. The topological polar surface area (TPSA) is 94.0 Å².